The van der Waals surface area contributed by atoms with Gasteiger partial charge >= 0.3 is 0 Å². The normalized spacial score (nSPS) is 19.8. The number of rotatable bonds is 7. The highest BCUT2D eigenvalue weighted by Gasteiger charge is 2.34. The summed E-state index contributed by atoms with van der Waals surface area (Å²) < 4.78 is 5.80. The van der Waals surface area contributed by atoms with Gasteiger partial charge in [-0.05, 0) is 38.3 Å². The maximum Gasteiger partial charge on any atom is 0.194 e. The minimum Gasteiger partial charge on any atom is -0.492 e. The zero-order valence-corrected chi connectivity index (χ0v) is 18.6. The van der Waals surface area contributed by atoms with Gasteiger partial charge < -0.3 is 20.1 Å². The Morgan fingerprint density at radius 1 is 1.19 bits per heavy atom. The van der Waals surface area contributed by atoms with Crippen LogP contribution < -0.4 is 10.1 Å². The van der Waals surface area contributed by atoms with Crippen LogP contribution in [-0.2, 0) is 0 Å². The highest BCUT2D eigenvalue weighted by molar-refractivity contribution is 14.0. The SMILES string of the molecule is CCNC(=NCC1(O)CCC1)N1CCN(CCOc2ccccc2)CC1.I. The van der Waals surface area contributed by atoms with E-state index >= 15 is 0 Å². The summed E-state index contributed by atoms with van der Waals surface area (Å²) in [5.41, 5.74) is -0.558. The van der Waals surface area contributed by atoms with Gasteiger partial charge in [0, 0.05) is 39.3 Å². The van der Waals surface area contributed by atoms with Gasteiger partial charge in [-0.15, -0.1) is 24.0 Å². The summed E-state index contributed by atoms with van der Waals surface area (Å²) in [5.74, 6) is 1.87. The molecule has 7 heteroatoms. The summed E-state index contributed by atoms with van der Waals surface area (Å²) >= 11 is 0. The largest absolute Gasteiger partial charge is 0.492 e. The molecule has 1 aromatic carbocycles. The molecule has 0 atom stereocenters. The van der Waals surface area contributed by atoms with Crippen LogP contribution in [0, 0.1) is 0 Å². The van der Waals surface area contributed by atoms with Gasteiger partial charge in [0.25, 0.3) is 0 Å². The zero-order chi connectivity index (χ0) is 18.2. The number of hydrogen-bond donors (Lipinski definition) is 2. The lowest BCUT2D eigenvalue weighted by Gasteiger charge is -2.38. The number of piperazine rings is 1. The van der Waals surface area contributed by atoms with Gasteiger partial charge in [-0.2, -0.15) is 0 Å². The second-order valence-corrected chi connectivity index (χ2v) is 7.24. The van der Waals surface area contributed by atoms with E-state index in [1.54, 1.807) is 0 Å². The van der Waals surface area contributed by atoms with Crippen molar-refractivity contribution in [2.45, 2.75) is 31.8 Å². The van der Waals surface area contributed by atoms with Crippen molar-refractivity contribution in [1.29, 1.82) is 0 Å². The van der Waals surface area contributed by atoms with Gasteiger partial charge in [0.15, 0.2) is 5.96 Å². The molecule has 1 saturated carbocycles. The molecule has 1 heterocycles. The number of nitrogens with one attached hydrogen (secondary N) is 1. The first-order valence-corrected chi connectivity index (χ1v) is 9.84. The van der Waals surface area contributed by atoms with Crippen molar-refractivity contribution in [3.63, 3.8) is 0 Å². The minimum atomic E-state index is -0.558. The van der Waals surface area contributed by atoms with Crippen molar-refractivity contribution in [2.24, 2.45) is 4.99 Å². The molecular formula is C20H33IN4O2. The van der Waals surface area contributed by atoms with Gasteiger partial charge in [0.05, 0.1) is 12.1 Å². The Kier molecular flexibility index (Phi) is 9.11. The molecule has 1 saturated heterocycles. The first kappa shape index (κ1) is 22.2. The van der Waals surface area contributed by atoms with Crippen LogP contribution in [0.25, 0.3) is 0 Å². The Morgan fingerprint density at radius 3 is 2.48 bits per heavy atom. The first-order valence-electron chi connectivity index (χ1n) is 9.84. The molecule has 0 radical (unpaired) electrons. The quantitative estimate of drug-likeness (QED) is 0.350. The van der Waals surface area contributed by atoms with Crippen LogP contribution in [0.4, 0.5) is 0 Å². The zero-order valence-electron chi connectivity index (χ0n) is 16.3. The summed E-state index contributed by atoms with van der Waals surface area (Å²) in [6.07, 6.45) is 2.88. The van der Waals surface area contributed by atoms with Gasteiger partial charge in [-0.3, -0.25) is 9.89 Å². The summed E-state index contributed by atoms with van der Waals surface area (Å²) in [5, 5.41) is 13.7. The number of nitrogens with zero attached hydrogens (tertiary/aromatic N) is 3. The fourth-order valence-electron chi connectivity index (χ4n) is 3.38. The Hall–Kier alpha value is -1.06. The highest BCUT2D eigenvalue weighted by Crippen LogP contribution is 2.31. The average Bonchev–Trinajstić information content (AvgIpc) is 2.65. The van der Waals surface area contributed by atoms with Crippen LogP contribution in [0.5, 0.6) is 5.75 Å². The van der Waals surface area contributed by atoms with E-state index in [1.165, 1.54) is 0 Å². The maximum atomic E-state index is 10.3. The summed E-state index contributed by atoms with van der Waals surface area (Å²) in [6.45, 7) is 9.03. The van der Waals surface area contributed by atoms with E-state index in [2.05, 4.69) is 22.0 Å². The Morgan fingerprint density at radius 2 is 1.89 bits per heavy atom. The standard InChI is InChI=1S/C20H32N4O2.HI/c1-2-21-19(22-17-20(25)9-6-10-20)24-13-11-23(12-14-24)15-16-26-18-7-4-3-5-8-18;/h3-5,7-8,25H,2,6,9-17H2,1H3,(H,21,22);1H. The third kappa shape index (κ3) is 6.80. The van der Waals surface area contributed by atoms with E-state index in [-0.39, 0.29) is 24.0 Å². The molecule has 0 aromatic heterocycles. The van der Waals surface area contributed by atoms with Crippen LogP contribution in [0.15, 0.2) is 35.3 Å². The molecular weight excluding hydrogens is 455 g/mol. The van der Waals surface area contributed by atoms with E-state index in [4.69, 9.17) is 9.73 Å². The van der Waals surface area contributed by atoms with E-state index in [0.717, 1.165) is 70.2 Å². The molecule has 0 spiro atoms. The lowest BCUT2D eigenvalue weighted by molar-refractivity contribution is -0.0238. The first-order chi connectivity index (χ1) is 12.7. The monoisotopic (exact) mass is 488 g/mol. The van der Waals surface area contributed by atoms with Crippen molar-refractivity contribution in [1.82, 2.24) is 15.1 Å². The average molecular weight is 488 g/mol. The molecule has 1 aliphatic carbocycles. The van der Waals surface area contributed by atoms with Crippen molar-refractivity contribution in [3.8, 4) is 5.75 Å². The molecule has 0 amide bonds. The Balaban J connectivity index is 0.00000261. The molecule has 0 unspecified atom stereocenters. The second-order valence-electron chi connectivity index (χ2n) is 7.24. The van der Waals surface area contributed by atoms with E-state index < -0.39 is 5.60 Å². The Bertz CT molecular complexity index is 573. The summed E-state index contributed by atoms with van der Waals surface area (Å²) in [7, 11) is 0. The van der Waals surface area contributed by atoms with Gasteiger partial charge in [-0.1, -0.05) is 18.2 Å². The molecule has 152 valence electrons. The molecule has 3 rings (SSSR count). The van der Waals surface area contributed by atoms with Crippen LogP contribution in [0.1, 0.15) is 26.2 Å². The summed E-state index contributed by atoms with van der Waals surface area (Å²) in [6, 6.07) is 9.98. The van der Waals surface area contributed by atoms with E-state index in [9.17, 15) is 5.11 Å². The molecule has 1 aliphatic heterocycles. The lowest BCUT2D eigenvalue weighted by Crippen LogP contribution is -2.53. The highest BCUT2D eigenvalue weighted by atomic mass is 127. The molecule has 2 fully saturated rings. The molecule has 2 N–H and O–H groups in total. The lowest BCUT2D eigenvalue weighted by atomic mass is 9.80. The smallest absolute Gasteiger partial charge is 0.194 e. The molecule has 27 heavy (non-hydrogen) atoms. The predicted molar refractivity (Wildman–Crippen MR) is 120 cm³/mol. The van der Waals surface area contributed by atoms with Crippen molar-refractivity contribution < 1.29 is 9.84 Å². The van der Waals surface area contributed by atoms with Crippen molar-refractivity contribution in [3.05, 3.63) is 30.3 Å². The van der Waals surface area contributed by atoms with Crippen LogP contribution >= 0.6 is 24.0 Å². The number of para-hydroxylation sites is 1. The molecule has 6 nitrogen and oxygen atoms in total. The van der Waals surface area contributed by atoms with E-state index in [0.29, 0.717) is 13.2 Å². The topological polar surface area (TPSA) is 60.3 Å². The third-order valence-electron chi connectivity index (χ3n) is 5.23. The minimum absolute atomic E-state index is 0. The number of hydrogen-bond acceptors (Lipinski definition) is 4. The number of ether oxygens (including phenoxy) is 1. The van der Waals surface area contributed by atoms with Gasteiger partial charge in [-0.25, -0.2) is 0 Å². The Labute approximate surface area is 180 Å². The number of halogens is 1. The van der Waals surface area contributed by atoms with Crippen molar-refractivity contribution >= 4 is 29.9 Å². The van der Waals surface area contributed by atoms with Gasteiger partial charge in [0.2, 0.25) is 0 Å². The van der Waals surface area contributed by atoms with Gasteiger partial charge in [0.1, 0.15) is 12.4 Å². The third-order valence-corrected chi connectivity index (χ3v) is 5.23. The number of guanidine groups is 1. The number of aliphatic imine (C=N–C) groups is 1. The van der Waals surface area contributed by atoms with Crippen LogP contribution in [0.2, 0.25) is 0 Å². The fourth-order valence-corrected chi connectivity index (χ4v) is 3.38. The molecule has 2 aliphatic rings. The summed E-state index contributed by atoms with van der Waals surface area (Å²) in [4.78, 5) is 9.43. The number of benzene rings is 1. The van der Waals surface area contributed by atoms with Crippen molar-refractivity contribution in [2.75, 3.05) is 52.4 Å². The number of aliphatic hydroxyl groups is 1. The van der Waals surface area contributed by atoms with Crippen LogP contribution in [0.3, 0.4) is 0 Å². The van der Waals surface area contributed by atoms with Crippen LogP contribution in [-0.4, -0.2) is 78.9 Å². The van der Waals surface area contributed by atoms with E-state index in [1.807, 2.05) is 30.3 Å². The maximum absolute atomic E-state index is 10.3. The predicted octanol–water partition coefficient (Wildman–Crippen LogP) is 2.18. The second kappa shape index (κ2) is 11.1. The fraction of sp³-hybridized carbons (Fsp3) is 0.650. The molecule has 1 aromatic rings. The molecule has 0 bridgehead atoms.